The first kappa shape index (κ1) is 9.73. The van der Waals surface area contributed by atoms with Crippen molar-refractivity contribution in [1.29, 1.82) is 0 Å². The minimum Gasteiger partial charge on any atom is -0.316 e. The number of benzene rings is 1. The molecule has 1 atom stereocenters. The maximum Gasteiger partial charge on any atom is 0.0107 e. The summed E-state index contributed by atoms with van der Waals surface area (Å²) in [6.45, 7) is 4.82. The van der Waals surface area contributed by atoms with Crippen molar-refractivity contribution in [1.82, 2.24) is 5.32 Å². The number of nitrogens with one attached hydrogen (secondary N) is 1. The van der Waals surface area contributed by atoms with E-state index in [1.807, 2.05) is 11.8 Å². The zero-order chi connectivity index (χ0) is 10.3. The topological polar surface area (TPSA) is 12.0 Å². The van der Waals surface area contributed by atoms with E-state index in [9.17, 15) is 0 Å². The molecule has 1 N–H and O–H groups in total. The van der Waals surface area contributed by atoms with Gasteiger partial charge in [-0.2, -0.15) is 0 Å². The van der Waals surface area contributed by atoms with Crippen molar-refractivity contribution in [3.05, 3.63) is 29.8 Å². The predicted molar refractivity (Wildman–Crippen MR) is 65.5 cm³/mol. The molecule has 2 aliphatic heterocycles. The Bertz CT molecular complexity index is 371. The molecule has 1 saturated heterocycles. The average Bonchev–Trinajstić information content (AvgIpc) is 2.60. The molecule has 1 fully saturated rings. The van der Waals surface area contributed by atoms with E-state index in [2.05, 4.69) is 36.5 Å². The second kappa shape index (κ2) is 3.53. The molecule has 0 spiro atoms. The van der Waals surface area contributed by atoms with E-state index in [1.165, 1.54) is 30.2 Å². The number of thioether (sulfide) groups is 1. The van der Waals surface area contributed by atoms with Gasteiger partial charge in [0.05, 0.1) is 0 Å². The molecule has 1 aromatic rings. The third kappa shape index (κ3) is 1.70. The zero-order valence-corrected chi connectivity index (χ0v) is 9.94. The van der Waals surface area contributed by atoms with Gasteiger partial charge in [-0.1, -0.05) is 25.1 Å². The standard InChI is InChI=1S/C13H17NS/c1-13(8-14-9-13)6-10-7-15-12-5-3-2-4-11(10)12/h2-5,10,14H,6-9H2,1H3. The summed E-state index contributed by atoms with van der Waals surface area (Å²) in [5.74, 6) is 2.08. The molecule has 0 radical (unpaired) electrons. The first-order valence-electron chi connectivity index (χ1n) is 5.69. The Balaban J connectivity index is 1.79. The predicted octanol–water partition coefficient (Wildman–Crippen LogP) is 2.88. The van der Waals surface area contributed by atoms with Crippen LogP contribution in [0.25, 0.3) is 0 Å². The van der Waals surface area contributed by atoms with Crippen molar-refractivity contribution in [2.75, 3.05) is 18.8 Å². The van der Waals surface area contributed by atoms with Crippen LogP contribution in [0.15, 0.2) is 29.2 Å². The number of hydrogen-bond acceptors (Lipinski definition) is 2. The Morgan fingerprint density at radius 2 is 2.20 bits per heavy atom. The lowest BCUT2D eigenvalue weighted by atomic mass is 9.75. The number of hydrogen-bond donors (Lipinski definition) is 1. The molecular formula is C13H17NS. The summed E-state index contributed by atoms with van der Waals surface area (Å²) in [6.07, 6.45) is 1.35. The van der Waals surface area contributed by atoms with Crippen LogP contribution in [0.4, 0.5) is 0 Å². The molecule has 0 amide bonds. The van der Waals surface area contributed by atoms with Crippen molar-refractivity contribution in [2.24, 2.45) is 5.41 Å². The van der Waals surface area contributed by atoms with Crippen molar-refractivity contribution in [3.8, 4) is 0 Å². The van der Waals surface area contributed by atoms with Crippen molar-refractivity contribution < 1.29 is 0 Å². The van der Waals surface area contributed by atoms with Crippen molar-refractivity contribution in [2.45, 2.75) is 24.2 Å². The molecule has 80 valence electrons. The minimum absolute atomic E-state index is 0.558. The van der Waals surface area contributed by atoms with E-state index >= 15 is 0 Å². The van der Waals surface area contributed by atoms with E-state index in [1.54, 1.807) is 5.56 Å². The van der Waals surface area contributed by atoms with Gasteiger partial charge in [-0.3, -0.25) is 0 Å². The molecule has 0 bridgehead atoms. The van der Waals surface area contributed by atoms with Crippen LogP contribution in [0.5, 0.6) is 0 Å². The molecule has 15 heavy (non-hydrogen) atoms. The van der Waals surface area contributed by atoms with Gasteiger partial charge in [0.15, 0.2) is 0 Å². The van der Waals surface area contributed by atoms with Gasteiger partial charge in [-0.05, 0) is 29.4 Å². The lowest BCUT2D eigenvalue weighted by Crippen LogP contribution is -2.52. The fourth-order valence-corrected chi connectivity index (χ4v) is 3.94. The Labute approximate surface area is 95.6 Å². The minimum atomic E-state index is 0.558. The summed E-state index contributed by atoms with van der Waals surface area (Å²) in [7, 11) is 0. The third-order valence-electron chi connectivity index (χ3n) is 3.64. The highest BCUT2D eigenvalue weighted by atomic mass is 32.2. The Hall–Kier alpha value is -0.470. The molecule has 2 heterocycles. The van der Waals surface area contributed by atoms with Gasteiger partial charge in [-0.15, -0.1) is 11.8 Å². The summed E-state index contributed by atoms with van der Waals surface area (Å²) in [5.41, 5.74) is 2.15. The van der Waals surface area contributed by atoms with Crippen LogP contribution in [0.2, 0.25) is 0 Å². The average molecular weight is 219 g/mol. The van der Waals surface area contributed by atoms with E-state index in [0.717, 1.165) is 5.92 Å². The van der Waals surface area contributed by atoms with Crippen LogP contribution < -0.4 is 5.32 Å². The van der Waals surface area contributed by atoms with Crippen LogP contribution in [-0.2, 0) is 0 Å². The van der Waals surface area contributed by atoms with Gasteiger partial charge in [0.2, 0.25) is 0 Å². The molecular weight excluding hydrogens is 202 g/mol. The second-order valence-corrected chi connectivity index (χ2v) is 6.23. The SMILES string of the molecule is CC1(CC2CSc3ccccc32)CNC1. The summed E-state index contributed by atoms with van der Waals surface area (Å²) in [5, 5.41) is 3.39. The lowest BCUT2D eigenvalue weighted by molar-refractivity contribution is 0.169. The van der Waals surface area contributed by atoms with Gasteiger partial charge >= 0.3 is 0 Å². The maximum atomic E-state index is 3.39. The number of fused-ring (bicyclic) bond motifs is 1. The largest absolute Gasteiger partial charge is 0.316 e. The Kier molecular flexibility index (Phi) is 2.29. The summed E-state index contributed by atoms with van der Waals surface area (Å²) >= 11 is 2.03. The fourth-order valence-electron chi connectivity index (χ4n) is 2.69. The maximum absolute atomic E-state index is 3.39. The van der Waals surface area contributed by atoms with E-state index in [4.69, 9.17) is 0 Å². The van der Waals surface area contributed by atoms with Crippen LogP contribution in [0, 0.1) is 5.41 Å². The second-order valence-electron chi connectivity index (χ2n) is 5.16. The highest BCUT2D eigenvalue weighted by molar-refractivity contribution is 7.99. The molecule has 0 saturated carbocycles. The molecule has 0 aliphatic carbocycles. The Morgan fingerprint density at radius 3 is 2.93 bits per heavy atom. The molecule has 1 aromatic carbocycles. The Morgan fingerprint density at radius 1 is 1.40 bits per heavy atom. The first-order valence-corrected chi connectivity index (χ1v) is 6.68. The van der Waals surface area contributed by atoms with Crippen LogP contribution in [0.1, 0.15) is 24.8 Å². The monoisotopic (exact) mass is 219 g/mol. The van der Waals surface area contributed by atoms with E-state index in [-0.39, 0.29) is 0 Å². The van der Waals surface area contributed by atoms with Gasteiger partial charge in [0.1, 0.15) is 0 Å². The number of rotatable bonds is 2. The molecule has 2 heteroatoms. The van der Waals surface area contributed by atoms with Gasteiger partial charge in [0, 0.05) is 23.7 Å². The van der Waals surface area contributed by atoms with Gasteiger partial charge < -0.3 is 5.32 Å². The third-order valence-corrected chi connectivity index (χ3v) is 4.89. The van der Waals surface area contributed by atoms with Crippen LogP contribution in [0.3, 0.4) is 0 Å². The summed E-state index contributed by atoms with van der Waals surface area (Å²) < 4.78 is 0. The van der Waals surface area contributed by atoms with Crippen molar-refractivity contribution in [3.63, 3.8) is 0 Å². The normalized spacial score (nSPS) is 27.1. The smallest absolute Gasteiger partial charge is 0.0107 e. The quantitative estimate of drug-likeness (QED) is 0.821. The highest BCUT2D eigenvalue weighted by Gasteiger charge is 2.36. The van der Waals surface area contributed by atoms with Gasteiger partial charge in [0.25, 0.3) is 0 Å². The summed E-state index contributed by atoms with van der Waals surface area (Å²) in [4.78, 5) is 1.51. The van der Waals surface area contributed by atoms with Crippen LogP contribution >= 0.6 is 11.8 Å². The molecule has 2 aliphatic rings. The van der Waals surface area contributed by atoms with E-state index < -0.39 is 0 Å². The van der Waals surface area contributed by atoms with Gasteiger partial charge in [-0.25, -0.2) is 0 Å². The highest BCUT2D eigenvalue weighted by Crippen LogP contribution is 2.45. The lowest BCUT2D eigenvalue weighted by Gasteiger charge is -2.41. The molecule has 3 rings (SSSR count). The van der Waals surface area contributed by atoms with Crippen molar-refractivity contribution >= 4 is 11.8 Å². The summed E-state index contributed by atoms with van der Waals surface area (Å²) in [6, 6.07) is 8.91. The molecule has 1 unspecified atom stereocenters. The molecule has 0 aromatic heterocycles. The van der Waals surface area contributed by atoms with E-state index in [0.29, 0.717) is 5.41 Å². The first-order chi connectivity index (χ1) is 7.27. The fraction of sp³-hybridized carbons (Fsp3) is 0.538. The zero-order valence-electron chi connectivity index (χ0n) is 9.12. The molecule has 1 nitrogen and oxygen atoms in total. The van der Waals surface area contributed by atoms with Crippen LogP contribution in [-0.4, -0.2) is 18.8 Å².